The SMILES string of the molecule is C[Si](C)(C)CCOCn1c(Cl)cc(=O)n(CC(=O)O)c1=O. The molecule has 1 aromatic heterocycles. The molecular weight excluding hydrogens is 316 g/mol. The van der Waals surface area contributed by atoms with Crippen molar-refractivity contribution in [1.29, 1.82) is 0 Å². The molecule has 0 aliphatic heterocycles. The first-order valence-corrected chi connectivity index (χ1v) is 10.5. The normalized spacial score (nSPS) is 11.6. The van der Waals surface area contributed by atoms with Crippen LogP contribution in [-0.4, -0.2) is 34.9 Å². The fourth-order valence-electron chi connectivity index (χ4n) is 1.52. The lowest BCUT2D eigenvalue weighted by atomic mass is 10.5. The minimum Gasteiger partial charge on any atom is -0.480 e. The molecule has 1 aromatic rings. The smallest absolute Gasteiger partial charge is 0.334 e. The zero-order valence-corrected chi connectivity index (χ0v) is 14.0. The van der Waals surface area contributed by atoms with Gasteiger partial charge in [0.25, 0.3) is 5.56 Å². The number of nitrogens with zero attached hydrogens (tertiary/aromatic N) is 2. The third kappa shape index (κ3) is 5.48. The number of ether oxygens (including phenoxy) is 1. The van der Waals surface area contributed by atoms with Gasteiger partial charge in [0.15, 0.2) is 0 Å². The van der Waals surface area contributed by atoms with Crippen molar-refractivity contribution in [2.75, 3.05) is 6.61 Å². The number of rotatable bonds is 7. The van der Waals surface area contributed by atoms with E-state index in [-0.39, 0.29) is 11.9 Å². The molecule has 0 aliphatic rings. The average molecular weight is 335 g/mol. The molecule has 0 amide bonds. The van der Waals surface area contributed by atoms with Crippen LogP contribution < -0.4 is 11.2 Å². The Labute approximate surface area is 127 Å². The summed E-state index contributed by atoms with van der Waals surface area (Å²) in [5, 5.41) is 8.64. The molecule has 0 bridgehead atoms. The number of aromatic nitrogens is 2. The summed E-state index contributed by atoms with van der Waals surface area (Å²) in [6.07, 6.45) is 0. The standard InChI is InChI=1S/C12H19ClN2O5Si/c1-21(2,3)5-4-20-8-15-9(13)6-10(16)14(12(15)19)7-11(17)18/h6H,4-5,7-8H2,1-3H3,(H,17,18). The highest BCUT2D eigenvalue weighted by molar-refractivity contribution is 6.76. The van der Waals surface area contributed by atoms with Gasteiger partial charge >= 0.3 is 11.7 Å². The van der Waals surface area contributed by atoms with E-state index in [1.807, 2.05) is 0 Å². The quantitative estimate of drug-likeness (QED) is 0.457. The lowest BCUT2D eigenvalue weighted by molar-refractivity contribution is -0.137. The van der Waals surface area contributed by atoms with E-state index in [1.54, 1.807) is 0 Å². The van der Waals surface area contributed by atoms with Crippen LogP contribution in [0.1, 0.15) is 0 Å². The maximum absolute atomic E-state index is 12.0. The Balaban J connectivity index is 2.90. The molecule has 0 unspecified atom stereocenters. The van der Waals surface area contributed by atoms with Crippen molar-refractivity contribution in [2.45, 2.75) is 39.0 Å². The van der Waals surface area contributed by atoms with Crippen LogP contribution >= 0.6 is 11.6 Å². The number of aliphatic carboxylic acids is 1. The predicted octanol–water partition coefficient (Wildman–Crippen LogP) is 1.06. The number of carboxylic acids is 1. The van der Waals surface area contributed by atoms with Crippen LogP contribution in [0.3, 0.4) is 0 Å². The van der Waals surface area contributed by atoms with Gasteiger partial charge in [0.1, 0.15) is 18.4 Å². The van der Waals surface area contributed by atoms with Crippen LogP contribution in [0, 0.1) is 0 Å². The van der Waals surface area contributed by atoms with Crippen molar-refractivity contribution in [1.82, 2.24) is 9.13 Å². The molecule has 1 rings (SSSR count). The lowest BCUT2D eigenvalue weighted by Crippen LogP contribution is -2.41. The van der Waals surface area contributed by atoms with Gasteiger partial charge in [-0.1, -0.05) is 31.2 Å². The molecule has 118 valence electrons. The Hall–Kier alpha value is -1.38. The Kier molecular flexibility index (Phi) is 5.94. The van der Waals surface area contributed by atoms with E-state index < -0.39 is 31.8 Å². The molecule has 0 saturated heterocycles. The highest BCUT2D eigenvalue weighted by Gasteiger charge is 2.14. The summed E-state index contributed by atoms with van der Waals surface area (Å²) in [4.78, 5) is 34.3. The van der Waals surface area contributed by atoms with Crippen LogP contribution in [0.5, 0.6) is 0 Å². The molecule has 0 spiro atoms. The van der Waals surface area contributed by atoms with Crippen LogP contribution in [0.2, 0.25) is 30.8 Å². The molecule has 1 N–H and O–H groups in total. The average Bonchev–Trinajstić information content (AvgIpc) is 2.31. The van der Waals surface area contributed by atoms with E-state index in [9.17, 15) is 14.4 Å². The summed E-state index contributed by atoms with van der Waals surface area (Å²) < 4.78 is 7.05. The first kappa shape index (κ1) is 17.7. The molecule has 0 saturated carbocycles. The molecule has 9 heteroatoms. The molecular formula is C12H19ClN2O5Si. The summed E-state index contributed by atoms with van der Waals surface area (Å²) in [6, 6.07) is 1.93. The maximum Gasteiger partial charge on any atom is 0.334 e. The van der Waals surface area contributed by atoms with Crippen molar-refractivity contribution < 1.29 is 14.6 Å². The van der Waals surface area contributed by atoms with Gasteiger partial charge in [0, 0.05) is 20.7 Å². The van der Waals surface area contributed by atoms with Crippen molar-refractivity contribution in [2.24, 2.45) is 0 Å². The predicted molar refractivity (Wildman–Crippen MR) is 81.7 cm³/mol. The van der Waals surface area contributed by atoms with Gasteiger partial charge in [-0.05, 0) is 6.04 Å². The monoisotopic (exact) mass is 334 g/mol. The lowest BCUT2D eigenvalue weighted by Gasteiger charge is -2.16. The summed E-state index contributed by atoms with van der Waals surface area (Å²) in [5.41, 5.74) is -1.53. The van der Waals surface area contributed by atoms with Crippen LogP contribution in [0.4, 0.5) is 0 Å². The molecule has 21 heavy (non-hydrogen) atoms. The van der Waals surface area contributed by atoms with Gasteiger partial charge in [-0.25, -0.2) is 9.36 Å². The van der Waals surface area contributed by atoms with Crippen LogP contribution in [0.15, 0.2) is 15.7 Å². The zero-order valence-electron chi connectivity index (χ0n) is 12.3. The fourth-order valence-corrected chi connectivity index (χ4v) is 2.49. The van der Waals surface area contributed by atoms with E-state index in [2.05, 4.69) is 19.6 Å². The maximum atomic E-state index is 12.0. The summed E-state index contributed by atoms with van der Waals surface area (Å²) in [7, 11) is -1.24. The van der Waals surface area contributed by atoms with E-state index in [4.69, 9.17) is 21.4 Å². The number of carboxylic acid groups (broad SMARTS) is 1. The first-order valence-electron chi connectivity index (χ1n) is 6.41. The largest absolute Gasteiger partial charge is 0.480 e. The molecule has 0 fully saturated rings. The van der Waals surface area contributed by atoms with E-state index in [1.165, 1.54) is 0 Å². The Bertz CT molecular complexity index is 632. The molecule has 1 heterocycles. The summed E-state index contributed by atoms with van der Waals surface area (Å²) in [6.45, 7) is 6.26. The minimum atomic E-state index is -1.28. The van der Waals surface area contributed by atoms with Crippen LogP contribution in [0.25, 0.3) is 0 Å². The molecule has 0 aromatic carbocycles. The summed E-state index contributed by atoms with van der Waals surface area (Å²) >= 11 is 5.84. The second kappa shape index (κ2) is 7.06. The third-order valence-electron chi connectivity index (χ3n) is 2.74. The van der Waals surface area contributed by atoms with Gasteiger partial charge in [-0.3, -0.25) is 14.2 Å². The van der Waals surface area contributed by atoms with E-state index in [0.29, 0.717) is 11.2 Å². The Morgan fingerprint density at radius 3 is 2.48 bits per heavy atom. The topological polar surface area (TPSA) is 90.5 Å². The third-order valence-corrected chi connectivity index (χ3v) is 4.76. The minimum absolute atomic E-state index is 0.0698. The van der Waals surface area contributed by atoms with Crippen molar-refractivity contribution >= 4 is 25.6 Å². The second-order valence-corrected chi connectivity index (χ2v) is 11.9. The zero-order chi connectivity index (χ0) is 16.2. The Morgan fingerprint density at radius 2 is 1.95 bits per heavy atom. The highest BCUT2D eigenvalue weighted by atomic mass is 35.5. The van der Waals surface area contributed by atoms with Crippen molar-refractivity contribution in [3.8, 4) is 0 Å². The van der Waals surface area contributed by atoms with Gasteiger partial charge < -0.3 is 9.84 Å². The number of halogens is 1. The van der Waals surface area contributed by atoms with Gasteiger partial charge in [0.05, 0.1) is 0 Å². The fraction of sp³-hybridized carbons (Fsp3) is 0.583. The molecule has 0 atom stereocenters. The molecule has 0 radical (unpaired) electrons. The first-order chi connectivity index (χ1) is 9.61. The summed E-state index contributed by atoms with van der Waals surface area (Å²) in [5.74, 6) is -1.28. The number of hydrogen-bond acceptors (Lipinski definition) is 4. The van der Waals surface area contributed by atoms with Crippen molar-refractivity contribution in [3.63, 3.8) is 0 Å². The van der Waals surface area contributed by atoms with E-state index in [0.717, 1.165) is 16.7 Å². The molecule has 0 aliphatic carbocycles. The van der Waals surface area contributed by atoms with Crippen LogP contribution in [-0.2, 0) is 22.8 Å². The van der Waals surface area contributed by atoms with E-state index >= 15 is 0 Å². The number of hydrogen-bond donors (Lipinski definition) is 1. The molecule has 7 nitrogen and oxygen atoms in total. The van der Waals surface area contributed by atoms with Gasteiger partial charge in [-0.15, -0.1) is 0 Å². The van der Waals surface area contributed by atoms with Crippen molar-refractivity contribution in [3.05, 3.63) is 32.1 Å². The highest BCUT2D eigenvalue weighted by Crippen LogP contribution is 2.08. The van der Waals surface area contributed by atoms with Gasteiger partial charge in [-0.2, -0.15) is 0 Å². The Morgan fingerprint density at radius 1 is 1.33 bits per heavy atom. The second-order valence-electron chi connectivity index (χ2n) is 5.84. The number of carbonyl (C=O) groups is 1. The van der Waals surface area contributed by atoms with Gasteiger partial charge in [0.2, 0.25) is 0 Å².